The first-order valence-corrected chi connectivity index (χ1v) is 6.09. The van der Waals surface area contributed by atoms with E-state index in [4.69, 9.17) is 0 Å². The van der Waals surface area contributed by atoms with Gasteiger partial charge in [-0.05, 0) is 12.3 Å². The summed E-state index contributed by atoms with van der Waals surface area (Å²) < 4.78 is 0. The van der Waals surface area contributed by atoms with Gasteiger partial charge < -0.3 is 10.2 Å². The van der Waals surface area contributed by atoms with E-state index in [1.807, 2.05) is 20.8 Å². The summed E-state index contributed by atoms with van der Waals surface area (Å²) in [5.74, 6) is 0.239. The Morgan fingerprint density at radius 2 is 2.00 bits per heavy atom. The molecule has 0 bridgehead atoms. The predicted molar refractivity (Wildman–Crippen MR) is 62.9 cm³/mol. The van der Waals surface area contributed by atoms with Crippen LogP contribution in [0.3, 0.4) is 0 Å². The average Bonchev–Trinajstić information content (AvgIpc) is 2.28. The Balaban J connectivity index is 2.79. The lowest BCUT2D eigenvalue weighted by atomic mass is 9.93. The molecule has 1 heterocycles. The average molecular weight is 226 g/mol. The fraction of sp³-hybridized carbons (Fsp3) is 0.833. The highest BCUT2D eigenvalue weighted by atomic mass is 16.2. The van der Waals surface area contributed by atoms with Gasteiger partial charge in [0.1, 0.15) is 12.1 Å². The lowest BCUT2D eigenvalue weighted by molar-refractivity contribution is -0.149. The number of carbonyl (C=O) groups excluding carboxylic acids is 2. The Kier molecular flexibility index (Phi) is 4.33. The molecule has 0 saturated carbocycles. The van der Waals surface area contributed by atoms with Crippen LogP contribution in [0.1, 0.15) is 40.0 Å². The number of hydrogen-bond acceptors (Lipinski definition) is 2. The first-order valence-electron chi connectivity index (χ1n) is 6.09. The van der Waals surface area contributed by atoms with E-state index in [0.29, 0.717) is 0 Å². The Labute approximate surface area is 97.4 Å². The highest BCUT2D eigenvalue weighted by molar-refractivity contribution is 5.96. The van der Waals surface area contributed by atoms with Gasteiger partial charge in [-0.15, -0.1) is 0 Å². The first kappa shape index (κ1) is 13.0. The molecule has 1 aliphatic heterocycles. The smallest absolute Gasteiger partial charge is 0.245 e. The van der Waals surface area contributed by atoms with Crippen molar-refractivity contribution in [3.63, 3.8) is 0 Å². The van der Waals surface area contributed by atoms with Crippen LogP contribution in [0.15, 0.2) is 0 Å². The zero-order chi connectivity index (χ0) is 12.3. The third-order valence-electron chi connectivity index (χ3n) is 3.46. The maximum atomic E-state index is 12.1. The van der Waals surface area contributed by atoms with E-state index in [1.165, 1.54) is 0 Å². The van der Waals surface area contributed by atoms with Crippen LogP contribution in [0.25, 0.3) is 0 Å². The number of nitrogens with one attached hydrogen (secondary N) is 1. The molecule has 4 heteroatoms. The largest absolute Gasteiger partial charge is 0.342 e. The fourth-order valence-corrected chi connectivity index (χ4v) is 2.08. The van der Waals surface area contributed by atoms with Gasteiger partial charge in [-0.1, -0.05) is 33.6 Å². The monoisotopic (exact) mass is 226 g/mol. The number of nitrogens with zero attached hydrogens (tertiary/aromatic N) is 1. The van der Waals surface area contributed by atoms with Crippen molar-refractivity contribution in [3.05, 3.63) is 0 Å². The second-order valence-corrected chi connectivity index (χ2v) is 4.63. The molecule has 1 aliphatic rings. The summed E-state index contributed by atoms with van der Waals surface area (Å²) in [5.41, 5.74) is 0. The third kappa shape index (κ3) is 2.36. The lowest BCUT2D eigenvalue weighted by Crippen LogP contribution is -2.63. The highest BCUT2D eigenvalue weighted by Gasteiger charge is 2.39. The molecular formula is C12H22N2O2. The quantitative estimate of drug-likeness (QED) is 0.782. The minimum Gasteiger partial charge on any atom is -0.342 e. The molecule has 1 N–H and O–H groups in total. The predicted octanol–water partition coefficient (Wildman–Crippen LogP) is 1.16. The first-order chi connectivity index (χ1) is 7.52. The molecule has 92 valence electrons. The van der Waals surface area contributed by atoms with E-state index in [0.717, 1.165) is 19.3 Å². The SMILES string of the molecule is CCCC1C(=O)NC(C(C)CC)C(=O)N1C. The normalized spacial score (nSPS) is 27.9. The van der Waals surface area contributed by atoms with Crippen LogP contribution in [-0.2, 0) is 9.59 Å². The summed E-state index contributed by atoms with van der Waals surface area (Å²) in [7, 11) is 1.73. The summed E-state index contributed by atoms with van der Waals surface area (Å²) in [6.45, 7) is 6.05. The van der Waals surface area contributed by atoms with Crippen LogP contribution in [0.5, 0.6) is 0 Å². The van der Waals surface area contributed by atoms with Crippen molar-refractivity contribution in [1.29, 1.82) is 0 Å². The van der Waals surface area contributed by atoms with Crippen molar-refractivity contribution < 1.29 is 9.59 Å². The minimum atomic E-state index is -0.337. The van der Waals surface area contributed by atoms with Crippen molar-refractivity contribution >= 4 is 11.8 Å². The molecule has 0 spiro atoms. The molecule has 3 atom stereocenters. The molecule has 1 fully saturated rings. The molecule has 1 rings (SSSR count). The number of hydrogen-bond donors (Lipinski definition) is 1. The molecule has 16 heavy (non-hydrogen) atoms. The van der Waals surface area contributed by atoms with E-state index in [1.54, 1.807) is 11.9 Å². The summed E-state index contributed by atoms with van der Waals surface area (Å²) in [6, 6.07) is -0.617. The molecule has 0 aromatic carbocycles. The van der Waals surface area contributed by atoms with E-state index in [-0.39, 0.29) is 29.8 Å². The minimum absolute atomic E-state index is 0.00532. The molecule has 4 nitrogen and oxygen atoms in total. The van der Waals surface area contributed by atoms with Gasteiger partial charge in [0.25, 0.3) is 0 Å². The standard InChI is InChI=1S/C12H22N2O2/c1-5-7-9-11(15)13-10(8(3)6-2)12(16)14(9)4/h8-10H,5-7H2,1-4H3,(H,13,15). The van der Waals surface area contributed by atoms with E-state index in [9.17, 15) is 9.59 Å². The Morgan fingerprint density at radius 1 is 1.38 bits per heavy atom. The number of piperazine rings is 1. The van der Waals surface area contributed by atoms with Crippen LogP contribution in [-0.4, -0.2) is 35.8 Å². The van der Waals surface area contributed by atoms with Crippen molar-refractivity contribution in [3.8, 4) is 0 Å². The highest BCUT2D eigenvalue weighted by Crippen LogP contribution is 2.18. The van der Waals surface area contributed by atoms with Crippen LogP contribution in [0.2, 0.25) is 0 Å². The van der Waals surface area contributed by atoms with Gasteiger partial charge in [0.15, 0.2) is 0 Å². The number of rotatable bonds is 4. The van der Waals surface area contributed by atoms with Gasteiger partial charge in [-0.3, -0.25) is 9.59 Å². The van der Waals surface area contributed by atoms with Gasteiger partial charge in [0.05, 0.1) is 0 Å². The second-order valence-electron chi connectivity index (χ2n) is 4.63. The van der Waals surface area contributed by atoms with Gasteiger partial charge in [0.2, 0.25) is 11.8 Å². The van der Waals surface area contributed by atoms with E-state index < -0.39 is 0 Å². The van der Waals surface area contributed by atoms with Crippen molar-refractivity contribution in [2.45, 2.75) is 52.1 Å². The molecule has 0 aromatic heterocycles. The number of carbonyl (C=O) groups is 2. The molecule has 1 saturated heterocycles. The summed E-state index contributed by atoms with van der Waals surface area (Å²) >= 11 is 0. The Morgan fingerprint density at radius 3 is 2.50 bits per heavy atom. The zero-order valence-corrected chi connectivity index (χ0v) is 10.6. The summed E-state index contributed by atoms with van der Waals surface area (Å²) in [6.07, 6.45) is 2.54. The van der Waals surface area contributed by atoms with Crippen LogP contribution < -0.4 is 5.32 Å². The molecule has 3 unspecified atom stereocenters. The maximum absolute atomic E-state index is 12.1. The number of amides is 2. The molecule has 2 amide bonds. The fourth-order valence-electron chi connectivity index (χ4n) is 2.08. The van der Waals surface area contributed by atoms with Crippen molar-refractivity contribution in [2.75, 3.05) is 7.05 Å². The second kappa shape index (κ2) is 5.32. The van der Waals surface area contributed by atoms with Crippen LogP contribution >= 0.6 is 0 Å². The van der Waals surface area contributed by atoms with Gasteiger partial charge in [0, 0.05) is 7.05 Å². The maximum Gasteiger partial charge on any atom is 0.245 e. The zero-order valence-electron chi connectivity index (χ0n) is 10.6. The van der Waals surface area contributed by atoms with E-state index >= 15 is 0 Å². The number of likely N-dealkylation sites (N-methyl/N-ethyl adjacent to an activating group) is 1. The van der Waals surface area contributed by atoms with Gasteiger partial charge in [-0.25, -0.2) is 0 Å². The van der Waals surface area contributed by atoms with Gasteiger partial charge >= 0.3 is 0 Å². The van der Waals surface area contributed by atoms with Crippen molar-refractivity contribution in [2.24, 2.45) is 5.92 Å². The molecule has 0 aliphatic carbocycles. The lowest BCUT2D eigenvalue weighted by Gasteiger charge is -2.38. The molecule has 0 radical (unpaired) electrons. The molecule has 0 aromatic rings. The van der Waals surface area contributed by atoms with Crippen molar-refractivity contribution in [1.82, 2.24) is 10.2 Å². The summed E-state index contributed by atoms with van der Waals surface area (Å²) in [5, 5.41) is 2.85. The topological polar surface area (TPSA) is 49.4 Å². The Hall–Kier alpha value is -1.06. The van der Waals surface area contributed by atoms with E-state index in [2.05, 4.69) is 5.32 Å². The molecular weight excluding hydrogens is 204 g/mol. The third-order valence-corrected chi connectivity index (χ3v) is 3.46. The van der Waals surface area contributed by atoms with Crippen LogP contribution in [0.4, 0.5) is 0 Å². The van der Waals surface area contributed by atoms with Gasteiger partial charge in [-0.2, -0.15) is 0 Å². The van der Waals surface area contributed by atoms with Crippen LogP contribution in [0, 0.1) is 5.92 Å². The summed E-state index contributed by atoms with van der Waals surface area (Å²) in [4.78, 5) is 25.5. The Bertz CT molecular complexity index is 278.